The highest BCUT2D eigenvalue weighted by Crippen LogP contribution is 2.26. The van der Waals surface area contributed by atoms with Crippen LogP contribution in [0.4, 0.5) is 5.69 Å². The molecule has 5 atom stereocenters. The molecule has 130 valence electrons. The van der Waals surface area contributed by atoms with Crippen molar-refractivity contribution in [3.05, 3.63) is 40.8 Å². The second-order valence-corrected chi connectivity index (χ2v) is 5.62. The Balaban J connectivity index is 1.86. The average Bonchev–Trinajstić information content (AvgIpc) is 2.59. The first-order valence-corrected chi connectivity index (χ1v) is 7.49. The molecular formula is C16H19NO7. The van der Waals surface area contributed by atoms with Gasteiger partial charge in [0.25, 0.3) is 0 Å². The van der Waals surface area contributed by atoms with Crippen molar-refractivity contribution >= 4 is 16.7 Å². The standard InChI is InChI=1S/C16H19NO7/c1-22-16-13(15(21)14(20)11(7-18)24-16)17-9-4-2-8-3-5-12(19)23-10(8)6-9/h2-6,11,13-18,20-21H,7H2,1H3/t11?,13-,14+,15?,16-/m0/s1. The Kier molecular flexibility index (Phi) is 4.83. The SMILES string of the molecule is CO[C@H]1OC(CO)[C@@H](O)C(O)[C@@H]1Nc1ccc2ccc(=O)oc2c1. The minimum Gasteiger partial charge on any atom is -0.423 e. The van der Waals surface area contributed by atoms with E-state index in [1.807, 2.05) is 0 Å². The van der Waals surface area contributed by atoms with Crippen LogP contribution in [0.2, 0.25) is 0 Å². The molecular weight excluding hydrogens is 318 g/mol. The summed E-state index contributed by atoms with van der Waals surface area (Å²) >= 11 is 0. The van der Waals surface area contributed by atoms with Gasteiger partial charge in [-0.15, -0.1) is 0 Å². The molecule has 1 aromatic carbocycles. The Bertz CT molecular complexity index is 759. The first-order chi connectivity index (χ1) is 11.5. The summed E-state index contributed by atoms with van der Waals surface area (Å²) in [7, 11) is 1.40. The zero-order valence-corrected chi connectivity index (χ0v) is 13.0. The third kappa shape index (κ3) is 3.14. The Hall–Kier alpha value is -1.97. The van der Waals surface area contributed by atoms with Crippen molar-refractivity contribution in [2.75, 3.05) is 19.0 Å². The van der Waals surface area contributed by atoms with Gasteiger partial charge in [-0.3, -0.25) is 0 Å². The summed E-state index contributed by atoms with van der Waals surface area (Å²) in [6, 6.07) is 7.32. The second kappa shape index (κ2) is 6.88. The predicted octanol–water partition coefficient (Wildman–Crippen LogP) is -0.341. The average molecular weight is 337 g/mol. The van der Waals surface area contributed by atoms with E-state index < -0.39 is 42.9 Å². The number of hydrogen-bond donors (Lipinski definition) is 4. The van der Waals surface area contributed by atoms with Crippen LogP contribution < -0.4 is 10.9 Å². The lowest BCUT2D eigenvalue weighted by atomic mass is 9.96. The number of fused-ring (bicyclic) bond motifs is 1. The number of ether oxygens (including phenoxy) is 2. The molecule has 0 amide bonds. The fourth-order valence-corrected chi connectivity index (χ4v) is 2.78. The first-order valence-electron chi connectivity index (χ1n) is 7.49. The number of nitrogens with one attached hydrogen (secondary N) is 1. The maximum atomic E-state index is 11.3. The van der Waals surface area contributed by atoms with Gasteiger partial charge in [-0.25, -0.2) is 4.79 Å². The molecule has 4 N–H and O–H groups in total. The molecule has 24 heavy (non-hydrogen) atoms. The topological polar surface area (TPSA) is 121 Å². The van der Waals surface area contributed by atoms with Gasteiger partial charge in [0.2, 0.25) is 0 Å². The summed E-state index contributed by atoms with van der Waals surface area (Å²) in [5, 5.41) is 33.3. The zero-order chi connectivity index (χ0) is 17.3. The van der Waals surface area contributed by atoms with Crippen molar-refractivity contribution in [1.82, 2.24) is 0 Å². The van der Waals surface area contributed by atoms with E-state index in [1.165, 1.54) is 13.2 Å². The molecule has 1 saturated heterocycles. The van der Waals surface area contributed by atoms with E-state index >= 15 is 0 Å². The molecule has 1 fully saturated rings. The fraction of sp³-hybridized carbons (Fsp3) is 0.438. The van der Waals surface area contributed by atoms with Gasteiger partial charge in [0, 0.05) is 30.3 Å². The Morgan fingerprint density at radius 1 is 1.21 bits per heavy atom. The van der Waals surface area contributed by atoms with Gasteiger partial charge in [0.1, 0.15) is 29.9 Å². The Labute approximate surface area is 137 Å². The second-order valence-electron chi connectivity index (χ2n) is 5.62. The molecule has 8 nitrogen and oxygen atoms in total. The van der Waals surface area contributed by atoms with E-state index in [9.17, 15) is 20.1 Å². The van der Waals surface area contributed by atoms with Gasteiger partial charge >= 0.3 is 5.63 Å². The molecule has 2 aromatic rings. The van der Waals surface area contributed by atoms with E-state index in [-0.39, 0.29) is 0 Å². The predicted molar refractivity (Wildman–Crippen MR) is 84.7 cm³/mol. The number of hydrogen-bond acceptors (Lipinski definition) is 8. The van der Waals surface area contributed by atoms with E-state index in [2.05, 4.69) is 5.32 Å². The molecule has 0 bridgehead atoms. The fourth-order valence-electron chi connectivity index (χ4n) is 2.78. The van der Waals surface area contributed by atoms with E-state index in [0.717, 1.165) is 5.39 Å². The maximum Gasteiger partial charge on any atom is 0.336 e. The van der Waals surface area contributed by atoms with Crippen LogP contribution in [-0.4, -0.2) is 59.7 Å². The largest absolute Gasteiger partial charge is 0.423 e. The lowest BCUT2D eigenvalue weighted by molar-refractivity contribution is -0.254. The van der Waals surface area contributed by atoms with Crippen LogP contribution in [0.1, 0.15) is 0 Å². The molecule has 0 aliphatic carbocycles. The Morgan fingerprint density at radius 3 is 2.67 bits per heavy atom. The van der Waals surface area contributed by atoms with Crippen LogP contribution in [0, 0.1) is 0 Å². The molecule has 1 aliphatic heterocycles. The molecule has 3 rings (SSSR count). The number of aliphatic hydroxyl groups is 3. The summed E-state index contributed by atoms with van der Waals surface area (Å²) in [6.07, 6.45) is -4.30. The number of rotatable bonds is 4. The lowest BCUT2D eigenvalue weighted by Crippen LogP contribution is -2.61. The van der Waals surface area contributed by atoms with Crippen LogP contribution >= 0.6 is 0 Å². The van der Waals surface area contributed by atoms with Crippen LogP contribution in [0.25, 0.3) is 11.0 Å². The number of methoxy groups -OCH3 is 1. The quantitative estimate of drug-likeness (QED) is 0.559. The lowest BCUT2D eigenvalue weighted by Gasteiger charge is -2.42. The minimum atomic E-state index is -1.27. The molecule has 0 saturated carbocycles. The molecule has 1 aliphatic rings. The third-order valence-electron chi connectivity index (χ3n) is 4.07. The van der Waals surface area contributed by atoms with E-state index in [4.69, 9.17) is 13.9 Å². The highest BCUT2D eigenvalue weighted by Gasteiger charge is 2.44. The number of aliphatic hydroxyl groups excluding tert-OH is 3. The summed E-state index contributed by atoms with van der Waals surface area (Å²) in [6.45, 7) is -0.439. The number of benzene rings is 1. The van der Waals surface area contributed by atoms with E-state index in [1.54, 1.807) is 24.3 Å². The maximum absolute atomic E-state index is 11.3. The monoisotopic (exact) mass is 337 g/mol. The summed E-state index contributed by atoms with van der Waals surface area (Å²) in [5.41, 5.74) is 0.485. The normalized spacial score (nSPS) is 30.4. The third-order valence-corrected chi connectivity index (χ3v) is 4.07. The van der Waals surface area contributed by atoms with Crippen molar-refractivity contribution in [2.45, 2.75) is 30.6 Å². The Morgan fingerprint density at radius 2 is 1.96 bits per heavy atom. The van der Waals surface area contributed by atoms with Crippen molar-refractivity contribution in [1.29, 1.82) is 0 Å². The van der Waals surface area contributed by atoms with Gasteiger partial charge in [-0.05, 0) is 18.2 Å². The highest BCUT2D eigenvalue weighted by molar-refractivity contribution is 5.80. The van der Waals surface area contributed by atoms with Gasteiger partial charge in [0.05, 0.1) is 6.61 Å². The highest BCUT2D eigenvalue weighted by atomic mass is 16.7. The van der Waals surface area contributed by atoms with Gasteiger partial charge in [-0.1, -0.05) is 0 Å². The van der Waals surface area contributed by atoms with Crippen LogP contribution in [0.3, 0.4) is 0 Å². The molecule has 2 unspecified atom stereocenters. The molecule has 2 heterocycles. The van der Waals surface area contributed by atoms with Gasteiger partial charge in [0.15, 0.2) is 6.29 Å². The van der Waals surface area contributed by atoms with Crippen LogP contribution in [0.5, 0.6) is 0 Å². The van der Waals surface area contributed by atoms with Crippen LogP contribution in [0.15, 0.2) is 39.5 Å². The molecule has 0 spiro atoms. The smallest absolute Gasteiger partial charge is 0.336 e. The summed E-state index contributed by atoms with van der Waals surface area (Å²) < 4.78 is 15.8. The molecule has 8 heteroatoms. The van der Waals surface area contributed by atoms with Crippen molar-refractivity contribution in [3.63, 3.8) is 0 Å². The van der Waals surface area contributed by atoms with Gasteiger partial charge in [-0.2, -0.15) is 0 Å². The zero-order valence-electron chi connectivity index (χ0n) is 13.0. The van der Waals surface area contributed by atoms with E-state index in [0.29, 0.717) is 11.3 Å². The summed E-state index contributed by atoms with van der Waals surface area (Å²) in [4.78, 5) is 11.3. The van der Waals surface area contributed by atoms with Gasteiger partial charge < -0.3 is 34.5 Å². The van der Waals surface area contributed by atoms with Crippen molar-refractivity contribution in [2.24, 2.45) is 0 Å². The minimum absolute atomic E-state index is 0.390. The molecule has 0 radical (unpaired) electrons. The summed E-state index contributed by atoms with van der Waals surface area (Å²) in [5.74, 6) is 0. The van der Waals surface area contributed by atoms with Crippen LogP contribution in [-0.2, 0) is 9.47 Å². The van der Waals surface area contributed by atoms with Crippen molar-refractivity contribution in [3.8, 4) is 0 Å². The number of anilines is 1. The van der Waals surface area contributed by atoms with Crippen molar-refractivity contribution < 1.29 is 29.2 Å². The molecule has 1 aromatic heterocycles. The first kappa shape index (κ1) is 16.9.